The average Bonchev–Trinajstić information content (AvgIpc) is 2.49. The summed E-state index contributed by atoms with van der Waals surface area (Å²) in [4.78, 5) is 15.4. The first-order valence-electron chi connectivity index (χ1n) is 6.39. The van der Waals surface area contributed by atoms with Crippen LogP contribution in [0.3, 0.4) is 0 Å². The van der Waals surface area contributed by atoms with Gasteiger partial charge in [-0.2, -0.15) is 12.7 Å². The van der Waals surface area contributed by atoms with Gasteiger partial charge in [-0.1, -0.05) is 0 Å². The normalized spacial score (nSPS) is 17.4. The van der Waals surface area contributed by atoms with E-state index in [1.165, 1.54) is 17.6 Å². The standard InChI is InChI=1S/C12H16BrN3O4S/c1-20-12(17)9-4-6-16(7-5-9)21(18,19)15-10-2-3-11(13)14-8-10/h2-3,8-9,15H,4-7H2,1H3. The fourth-order valence-electron chi connectivity index (χ4n) is 2.15. The predicted molar refractivity (Wildman–Crippen MR) is 80.8 cm³/mol. The topological polar surface area (TPSA) is 88.6 Å². The number of piperidine rings is 1. The second-order valence-electron chi connectivity index (χ2n) is 4.67. The van der Waals surface area contributed by atoms with Crippen molar-refractivity contribution >= 4 is 37.8 Å². The van der Waals surface area contributed by atoms with Crippen molar-refractivity contribution in [3.63, 3.8) is 0 Å². The SMILES string of the molecule is COC(=O)C1CCN(S(=O)(=O)Nc2ccc(Br)nc2)CC1. The van der Waals surface area contributed by atoms with Gasteiger partial charge in [0.05, 0.1) is 24.9 Å². The molecule has 21 heavy (non-hydrogen) atoms. The van der Waals surface area contributed by atoms with Crippen LogP contribution in [0.25, 0.3) is 0 Å². The lowest BCUT2D eigenvalue weighted by atomic mass is 9.99. The maximum absolute atomic E-state index is 12.2. The molecule has 0 amide bonds. The Morgan fingerprint density at radius 2 is 2.10 bits per heavy atom. The van der Waals surface area contributed by atoms with E-state index in [1.807, 2.05) is 0 Å². The van der Waals surface area contributed by atoms with E-state index in [-0.39, 0.29) is 11.9 Å². The molecule has 0 aromatic carbocycles. The van der Waals surface area contributed by atoms with E-state index in [0.29, 0.717) is 36.2 Å². The van der Waals surface area contributed by atoms with Gasteiger partial charge in [-0.15, -0.1) is 0 Å². The highest BCUT2D eigenvalue weighted by Gasteiger charge is 2.31. The third kappa shape index (κ3) is 4.14. The van der Waals surface area contributed by atoms with Gasteiger partial charge in [0.15, 0.2) is 0 Å². The number of hydrogen-bond donors (Lipinski definition) is 1. The zero-order chi connectivity index (χ0) is 15.5. The maximum atomic E-state index is 12.2. The Bertz CT molecular complexity index is 597. The Labute approximate surface area is 132 Å². The van der Waals surface area contributed by atoms with Crippen LogP contribution in [0, 0.1) is 5.92 Å². The summed E-state index contributed by atoms with van der Waals surface area (Å²) in [5, 5.41) is 0. The van der Waals surface area contributed by atoms with Gasteiger partial charge in [0, 0.05) is 13.1 Å². The highest BCUT2D eigenvalue weighted by molar-refractivity contribution is 9.10. The number of aromatic nitrogens is 1. The Morgan fingerprint density at radius 3 is 2.62 bits per heavy atom. The summed E-state index contributed by atoms with van der Waals surface area (Å²) in [5.41, 5.74) is 0.397. The lowest BCUT2D eigenvalue weighted by Crippen LogP contribution is -2.43. The summed E-state index contributed by atoms with van der Waals surface area (Å²) >= 11 is 3.19. The fraction of sp³-hybridized carbons (Fsp3) is 0.500. The quantitative estimate of drug-likeness (QED) is 0.632. The molecule has 1 saturated heterocycles. The van der Waals surface area contributed by atoms with Crippen molar-refractivity contribution < 1.29 is 17.9 Å². The monoisotopic (exact) mass is 377 g/mol. The number of halogens is 1. The number of pyridine rings is 1. The van der Waals surface area contributed by atoms with E-state index in [2.05, 4.69) is 30.4 Å². The number of ether oxygens (including phenoxy) is 1. The number of anilines is 1. The number of esters is 1. The predicted octanol–water partition coefficient (Wildman–Crippen LogP) is 1.39. The van der Waals surface area contributed by atoms with Crippen LogP contribution in [-0.2, 0) is 19.7 Å². The van der Waals surface area contributed by atoms with Gasteiger partial charge in [0.1, 0.15) is 4.60 Å². The first-order chi connectivity index (χ1) is 9.92. The van der Waals surface area contributed by atoms with Crippen LogP contribution in [0.15, 0.2) is 22.9 Å². The molecule has 0 unspecified atom stereocenters. The van der Waals surface area contributed by atoms with Crippen molar-refractivity contribution in [2.75, 3.05) is 24.9 Å². The number of rotatable bonds is 4. The molecule has 1 fully saturated rings. The molecule has 0 aliphatic carbocycles. The number of nitrogens with zero attached hydrogens (tertiary/aromatic N) is 2. The molecule has 0 atom stereocenters. The van der Waals surface area contributed by atoms with Crippen molar-refractivity contribution in [2.45, 2.75) is 12.8 Å². The molecule has 9 heteroatoms. The highest BCUT2D eigenvalue weighted by atomic mass is 79.9. The number of methoxy groups -OCH3 is 1. The molecule has 1 aliphatic rings. The van der Waals surface area contributed by atoms with E-state index >= 15 is 0 Å². The van der Waals surface area contributed by atoms with E-state index in [4.69, 9.17) is 0 Å². The molecular formula is C12H16BrN3O4S. The Kier molecular flexibility index (Phi) is 5.17. The van der Waals surface area contributed by atoms with Crippen LogP contribution in [0.5, 0.6) is 0 Å². The lowest BCUT2D eigenvalue weighted by molar-refractivity contribution is -0.146. The van der Waals surface area contributed by atoms with Gasteiger partial charge in [-0.3, -0.25) is 9.52 Å². The minimum Gasteiger partial charge on any atom is -0.469 e. The number of hydrogen-bond acceptors (Lipinski definition) is 5. The third-order valence-corrected chi connectivity index (χ3v) is 5.31. The molecule has 0 radical (unpaired) electrons. The Balaban J connectivity index is 1.98. The van der Waals surface area contributed by atoms with E-state index in [1.54, 1.807) is 12.1 Å². The maximum Gasteiger partial charge on any atom is 0.308 e. The van der Waals surface area contributed by atoms with Crippen LogP contribution in [-0.4, -0.2) is 43.9 Å². The average molecular weight is 378 g/mol. The summed E-state index contributed by atoms with van der Waals surface area (Å²) in [6.07, 6.45) is 2.36. The van der Waals surface area contributed by atoms with Crippen LogP contribution in [0.2, 0.25) is 0 Å². The molecule has 1 aromatic heterocycles. The number of nitrogens with one attached hydrogen (secondary N) is 1. The van der Waals surface area contributed by atoms with E-state index < -0.39 is 10.2 Å². The second-order valence-corrected chi connectivity index (χ2v) is 7.16. The molecule has 2 rings (SSSR count). The molecule has 0 spiro atoms. The number of carbonyl (C=O) groups is 1. The van der Waals surface area contributed by atoms with Gasteiger partial charge in [0.25, 0.3) is 0 Å². The lowest BCUT2D eigenvalue weighted by Gasteiger charge is -2.29. The van der Waals surface area contributed by atoms with Gasteiger partial charge in [0.2, 0.25) is 0 Å². The van der Waals surface area contributed by atoms with Crippen LogP contribution >= 0.6 is 15.9 Å². The minimum absolute atomic E-state index is 0.226. The summed E-state index contributed by atoms with van der Waals surface area (Å²) in [5.74, 6) is -0.507. The smallest absolute Gasteiger partial charge is 0.308 e. The summed E-state index contributed by atoms with van der Waals surface area (Å²) in [6.45, 7) is 0.581. The van der Waals surface area contributed by atoms with Crippen LogP contribution in [0.4, 0.5) is 5.69 Å². The molecule has 1 N–H and O–H groups in total. The molecule has 0 saturated carbocycles. The first-order valence-corrected chi connectivity index (χ1v) is 8.63. The van der Waals surface area contributed by atoms with E-state index in [9.17, 15) is 13.2 Å². The highest BCUT2D eigenvalue weighted by Crippen LogP contribution is 2.22. The molecule has 1 aliphatic heterocycles. The summed E-state index contributed by atoms with van der Waals surface area (Å²) in [7, 11) is -2.29. The summed E-state index contributed by atoms with van der Waals surface area (Å²) in [6, 6.07) is 3.27. The molecular weight excluding hydrogens is 362 g/mol. The molecule has 7 nitrogen and oxygen atoms in total. The van der Waals surface area contributed by atoms with Crippen molar-refractivity contribution in [3.8, 4) is 0 Å². The Morgan fingerprint density at radius 1 is 1.43 bits per heavy atom. The minimum atomic E-state index is -3.63. The van der Waals surface area contributed by atoms with Crippen LogP contribution < -0.4 is 4.72 Å². The summed E-state index contributed by atoms with van der Waals surface area (Å²) < 4.78 is 33.6. The zero-order valence-corrected chi connectivity index (χ0v) is 13.9. The van der Waals surface area contributed by atoms with Gasteiger partial charge >= 0.3 is 16.2 Å². The Hall–Kier alpha value is -1.19. The second kappa shape index (κ2) is 6.71. The first kappa shape index (κ1) is 16.2. The van der Waals surface area contributed by atoms with Crippen molar-refractivity contribution in [1.82, 2.24) is 9.29 Å². The number of carbonyl (C=O) groups excluding carboxylic acids is 1. The van der Waals surface area contributed by atoms with Crippen molar-refractivity contribution in [3.05, 3.63) is 22.9 Å². The molecule has 116 valence electrons. The third-order valence-electron chi connectivity index (χ3n) is 3.30. The van der Waals surface area contributed by atoms with E-state index in [0.717, 1.165) is 0 Å². The fourth-order valence-corrected chi connectivity index (χ4v) is 3.62. The van der Waals surface area contributed by atoms with Gasteiger partial charge in [-0.05, 0) is 40.9 Å². The van der Waals surface area contributed by atoms with Gasteiger partial charge in [-0.25, -0.2) is 4.98 Å². The molecule has 1 aromatic rings. The molecule has 2 heterocycles. The van der Waals surface area contributed by atoms with Crippen LogP contribution in [0.1, 0.15) is 12.8 Å². The van der Waals surface area contributed by atoms with Crippen molar-refractivity contribution in [2.24, 2.45) is 5.92 Å². The largest absolute Gasteiger partial charge is 0.469 e. The van der Waals surface area contributed by atoms with Crippen molar-refractivity contribution in [1.29, 1.82) is 0 Å². The molecule has 0 bridgehead atoms. The zero-order valence-electron chi connectivity index (χ0n) is 11.5. The van der Waals surface area contributed by atoms with Gasteiger partial charge < -0.3 is 4.74 Å².